The third-order valence-corrected chi connectivity index (χ3v) is 1.69. The van der Waals surface area contributed by atoms with E-state index in [2.05, 4.69) is 5.32 Å². The predicted octanol–water partition coefficient (Wildman–Crippen LogP) is 0.986. The molecule has 0 amide bonds. The number of nitrogens with two attached hydrogens (primary N) is 1. The van der Waals surface area contributed by atoms with Gasteiger partial charge in [0.15, 0.2) is 0 Å². The number of anilines is 1. The van der Waals surface area contributed by atoms with Gasteiger partial charge in [-0.3, -0.25) is 0 Å². The summed E-state index contributed by atoms with van der Waals surface area (Å²) < 4.78 is 0. The fourth-order valence-electron chi connectivity index (χ4n) is 1.06. The van der Waals surface area contributed by atoms with Crippen LogP contribution in [0.15, 0.2) is 18.2 Å². The van der Waals surface area contributed by atoms with Gasteiger partial charge in [-0.1, -0.05) is 6.07 Å². The van der Waals surface area contributed by atoms with Crippen LogP contribution in [-0.4, -0.2) is 13.3 Å². The van der Waals surface area contributed by atoms with Crippen molar-refractivity contribution in [2.24, 2.45) is 0 Å². The maximum absolute atomic E-state index is 7.09. The molecular weight excluding hydrogens is 150 g/mol. The van der Waals surface area contributed by atoms with E-state index in [1.165, 1.54) is 6.21 Å². The highest BCUT2D eigenvalue weighted by Gasteiger charge is 1.96. The molecule has 64 valence electrons. The molecule has 0 radical (unpaired) electrons. The SMILES string of the molecule is CNCc1ccc(N)c(C=N)c1. The summed E-state index contributed by atoms with van der Waals surface area (Å²) in [5, 5.41) is 10.1. The molecule has 1 aromatic rings. The summed E-state index contributed by atoms with van der Waals surface area (Å²) in [6, 6.07) is 5.70. The standard InChI is InChI=1S/C9H13N3/c1-12-6-7-2-3-9(11)8(4-7)5-10/h2-5,10,12H,6,11H2,1H3. The van der Waals surface area contributed by atoms with E-state index in [0.29, 0.717) is 5.69 Å². The lowest BCUT2D eigenvalue weighted by Gasteiger charge is -2.03. The van der Waals surface area contributed by atoms with Crippen molar-refractivity contribution in [1.29, 1.82) is 5.41 Å². The van der Waals surface area contributed by atoms with Gasteiger partial charge in [-0.2, -0.15) is 0 Å². The van der Waals surface area contributed by atoms with E-state index in [1.54, 1.807) is 0 Å². The first kappa shape index (κ1) is 8.74. The Morgan fingerprint density at radius 3 is 2.92 bits per heavy atom. The van der Waals surface area contributed by atoms with Gasteiger partial charge in [0.25, 0.3) is 0 Å². The molecule has 1 aromatic carbocycles. The summed E-state index contributed by atoms with van der Waals surface area (Å²) in [6.45, 7) is 0.807. The molecule has 0 unspecified atom stereocenters. The summed E-state index contributed by atoms with van der Waals surface area (Å²) >= 11 is 0. The van der Waals surface area contributed by atoms with Gasteiger partial charge in [0.2, 0.25) is 0 Å². The second kappa shape index (κ2) is 3.88. The third kappa shape index (κ3) is 1.83. The van der Waals surface area contributed by atoms with Crippen LogP contribution in [0.5, 0.6) is 0 Å². The van der Waals surface area contributed by atoms with Gasteiger partial charge in [-0.05, 0) is 24.7 Å². The van der Waals surface area contributed by atoms with Crippen LogP contribution in [0.4, 0.5) is 5.69 Å². The Bertz CT molecular complexity index is 281. The molecule has 0 saturated heterocycles. The molecule has 0 heterocycles. The first-order valence-corrected chi connectivity index (χ1v) is 3.81. The molecule has 0 spiro atoms. The molecule has 3 nitrogen and oxygen atoms in total. The van der Waals surface area contributed by atoms with Crippen LogP contribution < -0.4 is 11.1 Å². The van der Waals surface area contributed by atoms with Crippen molar-refractivity contribution < 1.29 is 0 Å². The molecule has 0 atom stereocenters. The van der Waals surface area contributed by atoms with Crippen molar-refractivity contribution in [2.75, 3.05) is 12.8 Å². The molecule has 0 aliphatic carbocycles. The normalized spacial score (nSPS) is 9.75. The van der Waals surface area contributed by atoms with E-state index in [1.807, 2.05) is 25.2 Å². The molecule has 0 aliphatic heterocycles. The molecule has 0 bridgehead atoms. The van der Waals surface area contributed by atoms with E-state index >= 15 is 0 Å². The largest absolute Gasteiger partial charge is 0.398 e. The molecule has 4 N–H and O–H groups in total. The number of nitrogen functional groups attached to an aromatic ring is 1. The highest BCUT2D eigenvalue weighted by atomic mass is 14.8. The average Bonchev–Trinajstić information content (AvgIpc) is 2.09. The van der Waals surface area contributed by atoms with Crippen molar-refractivity contribution in [3.8, 4) is 0 Å². The number of nitrogens with one attached hydrogen (secondary N) is 2. The quantitative estimate of drug-likeness (QED) is 0.459. The molecule has 0 aliphatic rings. The predicted molar refractivity (Wildman–Crippen MR) is 51.5 cm³/mol. The summed E-state index contributed by atoms with van der Waals surface area (Å²) in [5.74, 6) is 0. The van der Waals surface area contributed by atoms with Crippen LogP contribution >= 0.6 is 0 Å². The number of rotatable bonds is 3. The van der Waals surface area contributed by atoms with Crippen LogP contribution in [0.3, 0.4) is 0 Å². The smallest absolute Gasteiger partial charge is 0.0403 e. The van der Waals surface area contributed by atoms with Crippen LogP contribution in [0.25, 0.3) is 0 Å². The summed E-state index contributed by atoms with van der Waals surface area (Å²) in [4.78, 5) is 0. The Kier molecular flexibility index (Phi) is 2.82. The molecule has 0 fully saturated rings. The Morgan fingerprint density at radius 1 is 1.58 bits per heavy atom. The Balaban J connectivity index is 2.96. The van der Waals surface area contributed by atoms with Crippen LogP contribution in [0, 0.1) is 5.41 Å². The molecule has 12 heavy (non-hydrogen) atoms. The maximum Gasteiger partial charge on any atom is 0.0403 e. The van der Waals surface area contributed by atoms with Gasteiger partial charge >= 0.3 is 0 Å². The lowest BCUT2D eigenvalue weighted by atomic mass is 10.1. The van der Waals surface area contributed by atoms with E-state index < -0.39 is 0 Å². The highest BCUT2D eigenvalue weighted by Crippen LogP contribution is 2.11. The summed E-state index contributed by atoms with van der Waals surface area (Å²) in [7, 11) is 1.89. The van der Waals surface area contributed by atoms with Crippen molar-refractivity contribution in [1.82, 2.24) is 5.32 Å². The van der Waals surface area contributed by atoms with Crippen molar-refractivity contribution in [3.05, 3.63) is 29.3 Å². The fourth-order valence-corrected chi connectivity index (χ4v) is 1.06. The summed E-state index contributed by atoms with van der Waals surface area (Å²) in [5.41, 5.74) is 8.21. The zero-order valence-corrected chi connectivity index (χ0v) is 7.09. The first-order chi connectivity index (χ1) is 5.77. The minimum Gasteiger partial charge on any atom is -0.398 e. The lowest BCUT2D eigenvalue weighted by Crippen LogP contribution is -2.06. The minimum absolute atomic E-state index is 0.657. The second-order valence-corrected chi connectivity index (χ2v) is 2.64. The first-order valence-electron chi connectivity index (χ1n) is 3.81. The van der Waals surface area contributed by atoms with E-state index in [4.69, 9.17) is 11.1 Å². The summed E-state index contributed by atoms with van der Waals surface area (Å²) in [6.07, 6.45) is 1.27. The molecule has 3 heteroatoms. The maximum atomic E-state index is 7.09. The van der Waals surface area contributed by atoms with Gasteiger partial charge in [0.05, 0.1) is 0 Å². The third-order valence-electron chi connectivity index (χ3n) is 1.69. The van der Waals surface area contributed by atoms with Crippen LogP contribution in [0.2, 0.25) is 0 Å². The second-order valence-electron chi connectivity index (χ2n) is 2.64. The van der Waals surface area contributed by atoms with Crippen molar-refractivity contribution in [3.63, 3.8) is 0 Å². The zero-order valence-electron chi connectivity index (χ0n) is 7.09. The van der Waals surface area contributed by atoms with Gasteiger partial charge in [0.1, 0.15) is 0 Å². The zero-order chi connectivity index (χ0) is 8.97. The van der Waals surface area contributed by atoms with Gasteiger partial charge in [-0.25, -0.2) is 0 Å². The lowest BCUT2D eigenvalue weighted by molar-refractivity contribution is 0.818. The fraction of sp³-hybridized carbons (Fsp3) is 0.222. The Hall–Kier alpha value is -1.35. The number of hydrogen-bond donors (Lipinski definition) is 3. The molecule has 0 aromatic heterocycles. The van der Waals surface area contributed by atoms with E-state index in [9.17, 15) is 0 Å². The minimum atomic E-state index is 0.657. The number of hydrogen-bond acceptors (Lipinski definition) is 3. The van der Waals surface area contributed by atoms with E-state index in [-0.39, 0.29) is 0 Å². The molecule has 0 saturated carbocycles. The van der Waals surface area contributed by atoms with Crippen LogP contribution in [0.1, 0.15) is 11.1 Å². The molecule has 1 rings (SSSR count). The molecular formula is C9H13N3. The van der Waals surface area contributed by atoms with Crippen molar-refractivity contribution >= 4 is 11.9 Å². The Labute approximate surface area is 72.1 Å². The van der Waals surface area contributed by atoms with Gasteiger partial charge < -0.3 is 16.5 Å². The van der Waals surface area contributed by atoms with Crippen LogP contribution in [-0.2, 0) is 6.54 Å². The average molecular weight is 163 g/mol. The number of benzene rings is 1. The monoisotopic (exact) mass is 163 g/mol. The van der Waals surface area contributed by atoms with Gasteiger partial charge in [0, 0.05) is 24.0 Å². The van der Waals surface area contributed by atoms with Crippen molar-refractivity contribution in [2.45, 2.75) is 6.54 Å². The topological polar surface area (TPSA) is 61.9 Å². The van der Waals surface area contributed by atoms with Gasteiger partial charge in [-0.15, -0.1) is 0 Å². The highest BCUT2D eigenvalue weighted by molar-refractivity contribution is 5.85. The van der Waals surface area contributed by atoms with E-state index in [0.717, 1.165) is 17.7 Å². The Morgan fingerprint density at radius 2 is 2.33 bits per heavy atom.